The first-order valence-corrected chi connectivity index (χ1v) is 16.3. The van der Waals surface area contributed by atoms with Gasteiger partial charge in [0, 0.05) is 54.9 Å². The molecule has 1 saturated carbocycles. The minimum Gasteiger partial charge on any atom is -0.368 e. The Hall–Kier alpha value is -3.62. The van der Waals surface area contributed by atoms with Crippen molar-refractivity contribution in [2.75, 3.05) is 36.8 Å². The molecule has 2 aliphatic rings. The molecular formula is C34H35ClN4O3S. The molecule has 0 N–H and O–H groups in total. The molecule has 1 amide bonds. The molecule has 4 aromatic rings. The van der Waals surface area contributed by atoms with E-state index in [9.17, 15) is 14.4 Å². The van der Waals surface area contributed by atoms with Gasteiger partial charge >= 0.3 is 0 Å². The number of halogens is 1. The number of aromatic nitrogens is 2. The zero-order valence-corrected chi connectivity index (χ0v) is 25.6. The number of benzene rings is 3. The maximum Gasteiger partial charge on any atom is 0.262 e. The third-order valence-corrected chi connectivity index (χ3v) is 9.90. The second kappa shape index (κ2) is 13.3. The van der Waals surface area contributed by atoms with Crippen molar-refractivity contribution in [2.24, 2.45) is 11.8 Å². The van der Waals surface area contributed by atoms with E-state index >= 15 is 0 Å². The quantitative estimate of drug-likeness (QED) is 0.134. The number of hydrogen-bond acceptors (Lipinski definition) is 6. The molecule has 6 rings (SSSR count). The number of ketones is 1. The average molecular weight is 615 g/mol. The molecule has 7 nitrogen and oxygen atoms in total. The summed E-state index contributed by atoms with van der Waals surface area (Å²) < 4.78 is 1.75. The topological polar surface area (TPSA) is 75.5 Å². The van der Waals surface area contributed by atoms with E-state index in [-0.39, 0.29) is 34.8 Å². The van der Waals surface area contributed by atoms with Crippen molar-refractivity contribution in [3.8, 4) is 0 Å². The van der Waals surface area contributed by atoms with Crippen LogP contribution in [0.15, 0.2) is 88.8 Å². The summed E-state index contributed by atoms with van der Waals surface area (Å²) in [7, 11) is 0. The van der Waals surface area contributed by atoms with Crippen LogP contribution in [0.3, 0.4) is 0 Å². The molecule has 0 bridgehead atoms. The predicted octanol–water partition coefficient (Wildman–Crippen LogP) is 6.18. The van der Waals surface area contributed by atoms with Crippen LogP contribution in [0.2, 0.25) is 5.02 Å². The molecule has 1 aromatic heterocycles. The molecule has 1 aliphatic heterocycles. The van der Waals surface area contributed by atoms with Crippen LogP contribution in [-0.4, -0.2) is 58.1 Å². The minimum atomic E-state index is -0.0819. The van der Waals surface area contributed by atoms with E-state index in [1.165, 1.54) is 17.4 Å². The van der Waals surface area contributed by atoms with Gasteiger partial charge in [-0.25, -0.2) is 4.98 Å². The van der Waals surface area contributed by atoms with Crippen molar-refractivity contribution in [3.05, 3.63) is 99.8 Å². The fraction of sp³-hybridized carbons (Fsp3) is 0.353. The van der Waals surface area contributed by atoms with Gasteiger partial charge < -0.3 is 9.80 Å². The molecule has 1 aliphatic carbocycles. The summed E-state index contributed by atoms with van der Waals surface area (Å²) in [6.07, 6.45) is 3.42. The van der Waals surface area contributed by atoms with Crippen molar-refractivity contribution in [2.45, 2.75) is 37.4 Å². The van der Waals surface area contributed by atoms with Gasteiger partial charge in [-0.1, -0.05) is 53.7 Å². The number of fused-ring (bicyclic) bond motifs is 1. The first kappa shape index (κ1) is 29.5. The molecule has 222 valence electrons. The molecule has 2 fully saturated rings. The number of nitrogens with zero attached hydrogens (tertiary/aromatic N) is 4. The summed E-state index contributed by atoms with van der Waals surface area (Å²) >= 11 is 7.28. The number of amides is 1. The molecular weight excluding hydrogens is 580 g/mol. The van der Waals surface area contributed by atoms with Gasteiger partial charge in [-0.05, 0) is 80.1 Å². The van der Waals surface area contributed by atoms with Gasteiger partial charge in [0.25, 0.3) is 5.56 Å². The monoisotopic (exact) mass is 614 g/mol. The smallest absolute Gasteiger partial charge is 0.262 e. The number of anilines is 1. The number of hydrogen-bond donors (Lipinski definition) is 0. The Morgan fingerprint density at radius 1 is 0.837 bits per heavy atom. The second-order valence-corrected chi connectivity index (χ2v) is 12.8. The highest BCUT2D eigenvalue weighted by Gasteiger charge is 2.32. The summed E-state index contributed by atoms with van der Waals surface area (Å²) in [5.74, 6) is 0.709. The number of para-hydroxylation sites is 2. The van der Waals surface area contributed by atoms with E-state index in [2.05, 4.69) is 29.2 Å². The maximum atomic E-state index is 13.6. The largest absolute Gasteiger partial charge is 0.368 e. The lowest BCUT2D eigenvalue weighted by Gasteiger charge is -2.39. The highest BCUT2D eigenvalue weighted by molar-refractivity contribution is 7.99. The van der Waals surface area contributed by atoms with E-state index in [0.717, 1.165) is 51.9 Å². The number of carbonyl (C=O) groups is 2. The maximum absolute atomic E-state index is 13.6. The van der Waals surface area contributed by atoms with Gasteiger partial charge in [0.1, 0.15) is 0 Å². The zero-order chi connectivity index (χ0) is 29.8. The Balaban J connectivity index is 1.09. The van der Waals surface area contributed by atoms with E-state index in [1.54, 1.807) is 28.8 Å². The number of thioether (sulfide) groups is 1. The molecule has 1 saturated heterocycles. The van der Waals surface area contributed by atoms with Crippen molar-refractivity contribution in [1.29, 1.82) is 0 Å². The lowest BCUT2D eigenvalue weighted by molar-refractivity contribution is -0.137. The first-order valence-electron chi connectivity index (χ1n) is 15.0. The lowest BCUT2D eigenvalue weighted by atomic mass is 9.81. The number of rotatable bonds is 8. The van der Waals surface area contributed by atoms with Crippen molar-refractivity contribution in [1.82, 2.24) is 14.5 Å². The van der Waals surface area contributed by atoms with Crippen LogP contribution in [0.4, 0.5) is 5.69 Å². The molecule has 43 heavy (non-hydrogen) atoms. The number of Topliss-reactive ketones (excluding diaryl/α,β-unsaturated/α-hetero) is 1. The van der Waals surface area contributed by atoms with Crippen LogP contribution < -0.4 is 10.5 Å². The lowest BCUT2D eigenvalue weighted by Crippen LogP contribution is -2.50. The van der Waals surface area contributed by atoms with Crippen molar-refractivity contribution >= 4 is 51.6 Å². The van der Waals surface area contributed by atoms with Crippen molar-refractivity contribution < 1.29 is 9.59 Å². The van der Waals surface area contributed by atoms with Gasteiger partial charge in [0.2, 0.25) is 5.91 Å². The third kappa shape index (κ3) is 6.81. The fourth-order valence-corrected chi connectivity index (χ4v) is 7.23. The van der Waals surface area contributed by atoms with Gasteiger partial charge in [0.05, 0.1) is 16.7 Å². The molecule has 0 unspecified atom stereocenters. The average Bonchev–Trinajstić information content (AvgIpc) is 3.06. The Morgan fingerprint density at radius 2 is 1.51 bits per heavy atom. The van der Waals surface area contributed by atoms with Gasteiger partial charge in [0.15, 0.2) is 10.9 Å². The molecule has 2 heterocycles. The summed E-state index contributed by atoms with van der Waals surface area (Å²) in [6, 6.07) is 24.6. The standard InChI is InChI=1S/C34H35ClN4O3S/c35-27-16-14-25(15-17-27)31(40)23-43-34-36-30-9-5-4-8-29(30)33(42)39(34)22-24-10-12-26(13-11-24)32(41)38-20-18-37(19-21-38)28-6-2-1-3-7-28/h1-9,14-17,24,26H,10-13,18-23H2. The van der Waals surface area contributed by atoms with Crippen LogP contribution in [0.1, 0.15) is 36.0 Å². The van der Waals surface area contributed by atoms with E-state index in [1.807, 2.05) is 35.2 Å². The molecule has 3 aromatic carbocycles. The molecule has 0 atom stereocenters. The molecule has 9 heteroatoms. The minimum absolute atomic E-state index is 0.0387. The van der Waals surface area contributed by atoms with Crippen LogP contribution in [0, 0.1) is 11.8 Å². The summed E-state index contributed by atoms with van der Waals surface area (Å²) in [5.41, 5.74) is 2.34. The second-order valence-electron chi connectivity index (χ2n) is 11.4. The van der Waals surface area contributed by atoms with Gasteiger partial charge in [-0.15, -0.1) is 0 Å². The van der Waals surface area contributed by atoms with Gasteiger partial charge in [-0.3, -0.25) is 19.0 Å². The van der Waals surface area contributed by atoms with Crippen molar-refractivity contribution in [3.63, 3.8) is 0 Å². The molecule has 0 spiro atoms. The fourth-order valence-electron chi connectivity index (χ4n) is 6.20. The first-order chi connectivity index (χ1) is 21.0. The number of carbonyl (C=O) groups excluding carboxylic acids is 2. The van der Waals surface area contributed by atoms with E-state index < -0.39 is 0 Å². The van der Waals surface area contributed by atoms with Crippen LogP contribution in [0.5, 0.6) is 0 Å². The van der Waals surface area contributed by atoms with E-state index in [4.69, 9.17) is 16.6 Å². The summed E-state index contributed by atoms with van der Waals surface area (Å²) in [6.45, 7) is 3.74. The summed E-state index contributed by atoms with van der Waals surface area (Å²) in [5, 5.41) is 1.71. The van der Waals surface area contributed by atoms with Crippen LogP contribution >= 0.6 is 23.4 Å². The Morgan fingerprint density at radius 3 is 2.23 bits per heavy atom. The van der Waals surface area contributed by atoms with Gasteiger partial charge in [-0.2, -0.15) is 0 Å². The Kier molecular flexibility index (Phi) is 9.14. The Bertz CT molecular complexity index is 1640. The molecule has 0 radical (unpaired) electrons. The summed E-state index contributed by atoms with van der Waals surface area (Å²) in [4.78, 5) is 49.1. The normalized spacial score (nSPS) is 19.0. The highest BCUT2D eigenvalue weighted by atomic mass is 35.5. The zero-order valence-electron chi connectivity index (χ0n) is 24.0. The number of piperazine rings is 1. The third-order valence-electron chi connectivity index (χ3n) is 8.67. The van der Waals surface area contributed by atoms with Crippen LogP contribution in [-0.2, 0) is 11.3 Å². The Labute approximate surface area is 260 Å². The van der Waals surface area contributed by atoms with E-state index in [0.29, 0.717) is 33.2 Å². The van der Waals surface area contributed by atoms with Crippen LogP contribution in [0.25, 0.3) is 10.9 Å². The predicted molar refractivity (Wildman–Crippen MR) is 173 cm³/mol. The highest BCUT2D eigenvalue weighted by Crippen LogP contribution is 2.32. The SMILES string of the molecule is O=C(CSc1nc2ccccc2c(=O)n1CC1CCC(C(=O)N2CCN(c3ccccc3)CC2)CC1)c1ccc(Cl)cc1.